The molecule has 0 fully saturated rings. The highest BCUT2D eigenvalue weighted by Crippen LogP contribution is 2.15. The van der Waals surface area contributed by atoms with Gasteiger partial charge in [-0.05, 0) is 19.1 Å². The highest BCUT2D eigenvalue weighted by molar-refractivity contribution is 7.86. The van der Waals surface area contributed by atoms with Crippen molar-refractivity contribution < 1.29 is 9.00 Å². The minimum atomic E-state index is -1.11. The maximum Gasteiger partial charge on any atom is 0.161 e. The minimum absolute atomic E-state index is 0.0267. The molecule has 0 aliphatic carbocycles. The quantitative estimate of drug-likeness (QED) is 0.774. The van der Waals surface area contributed by atoms with E-state index in [0.29, 0.717) is 17.0 Å². The van der Waals surface area contributed by atoms with E-state index in [9.17, 15) is 9.00 Å². The Morgan fingerprint density at radius 3 is 2.64 bits per heavy atom. The third kappa shape index (κ3) is 2.67. The predicted molar refractivity (Wildman–Crippen MR) is 58.8 cm³/mol. The maximum absolute atomic E-state index is 11.2. The fourth-order valence-electron chi connectivity index (χ4n) is 1.07. The third-order valence-corrected chi connectivity index (χ3v) is 2.76. The lowest BCUT2D eigenvalue weighted by molar-refractivity contribution is 0.101. The average Bonchev–Trinajstić information content (AvgIpc) is 2.18. The average molecular weight is 211 g/mol. The van der Waals surface area contributed by atoms with Gasteiger partial charge in [-0.2, -0.15) is 0 Å². The molecule has 1 atom stereocenters. The van der Waals surface area contributed by atoms with Crippen molar-refractivity contribution in [1.29, 1.82) is 0 Å². The Hall–Kier alpha value is -1.16. The van der Waals surface area contributed by atoms with Crippen LogP contribution in [-0.4, -0.2) is 15.7 Å². The van der Waals surface area contributed by atoms with E-state index in [1.54, 1.807) is 18.2 Å². The fourth-order valence-corrected chi connectivity index (χ4v) is 1.64. The van der Waals surface area contributed by atoms with Crippen LogP contribution in [0.15, 0.2) is 24.3 Å². The Labute approximate surface area is 86.1 Å². The standard InChI is InChI=1S/C10H13NO2S/c1-3-14(13)11-10-7-5-4-6-9(10)8(2)12/h4-7,11H,3H2,1-2H3. The smallest absolute Gasteiger partial charge is 0.161 e. The summed E-state index contributed by atoms with van der Waals surface area (Å²) in [6.07, 6.45) is 0. The van der Waals surface area contributed by atoms with Crippen LogP contribution in [0.1, 0.15) is 24.2 Å². The molecule has 0 saturated heterocycles. The van der Waals surface area contributed by atoms with E-state index in [2.05, 4.69) is 4.72 Å². The highest BCUT2D eigenvalue weighted by Gasteiger charge is 2.06. The lowest BCUT2D eigenvalue weighted by atomic mass is 10.1. The Kier molecular flexibility index (Phi) is 3.83. The van der Waals surface area contributed by atoms with Crippen molar-refractivity contribution in [2.45, 2.75) is 13.8 Å². The second kappa shape index (κ2) is 4.91. The van der Waals surface area contributed by atoms with Gasteiger partial charge in [0.05, 0.1) is 5.69 Å². The van der Waals surface area contributed by atoms with Gasteiger partial charge in [-0.3, -0.25) is 4.79 Å². The SMILES string of the molecule is CCS(=O)Nc1ccccc1C(C)=O. The topological polar surface area (TPSA) is 46.2 Å². The Morgan fingerprint density at radius 1 is 1.43 bits per heavy atom. The van der Waals surface area contributed by atoms with Gasteiger partial charge in [-0.15, -0.1) is 0 Å². The maximum atomic E-state index is 11.2. The van der Waals surface area contributed by atoms with E-state index in [-0.39, 0.29) is 5.78 Å². The summed E-state index contributed by atoms with van der Waals surface area (Å²) in [6.45, 7) is 3.31. The first kappa shape index (κ1) is 10.9. The van der Waals surface area contributed by atoms with E-state index in [0.717, 1.165) is 0 Å². The lowest BCUT2D eigenvalue weighted by Crippen LogP contribution is -2.09. The van der Waals surface area contributed by atoms with Crippen LogP contribution < -0.4 is 4.72 Å². The van der Waals surface area contributed by atoms with Gasteiger partial charge in [-0.25, -0.2) is 4.21 Å². The van der Waals surface area contributed by atoms with Gasteiger partial charge in [0, 0.05) is 11.3 Å². The molecule has 0 aromatic heterocycles. The first-order valence-electron chi connectivity index (χ1n) is 4.40. The predicted octanol–water partition coefficient (Wildman–Crippen LogP) is 1.98. The molecule has 3 nitrogen and oxygen atoms in total. The van der Waals surface area contributed by atoms with Gasteiger partial charge >= 0.3 is 0 Å². The van der Waals surface area contributed by atoms with Crippen molar-refractivity contribution in [2.24, 2.45) is 0 Å². The molecule has 1 unspecified atom stereocenters. The molecule has 0 bridgehead atoms. The zero-order valence-corrected chi connectivity index (χ0v) is 9.06. The first-order valence-corrected chi connectivity index (χ1v) is 5.72. The van der Waals surface area contributed by atoms with E-state index < -0.39 is 11.0 Å². The van der Waals surface area contributed by atoms with Gasteiger partial charge in [0.15, 0.2) is 5.78 Å². The molecule has 1 aromatic rings. The van der Waals surface area contributed by atoms with Gasteiger partial charge in [0.2, 0.25) is 0 Å². The molecule has 0 heterocycles. The molecule has 76 valence electrons. The molecule has 0 aliphatic rings. The van der Waals surface area contributed by atoms with E-state index in [4.69, 9.17) is 0 Å². The second-order valence-electron chi connectivity index (χ2n) is 2.84. The Bertz CT molecular complexity index is 363. The number of nitrogens with one attached hydrogen (secondary N) is 1. The third-order valence-electron chi connectivity index (χ3n) is 1.79. The van der Waals surface area contributed by atoms with Gasteiger partial charge in [-0.1, -0.05) is 19.1 Å². The van der Waals surface area contributed by atoms with E-state index in [1.165, 1.54) is 6.92 Å². The summed E-state index contributed by atoms with van der Waals surface area (Å²) in [5.41, 5.74) is 1.22. The molecule has 1 rings (SSSR count). The zero-order valence-electron chi connectivity index (χ0n) is 8.24. The van der Waals surface area contributed by atoms with Crippen molar-refractivity contribution in [3.63, 3.8) is 0 Å². The monoisotopic (exact) mass is 211 g/mol. The van der Waals surface area contributed by atoms with Crippen molar-refractivity contribution in [3.8, 4) is 0 Å². The van der Waals surface area contributed by atoms with Crippen molar-refractivity contribution >= 4 is 22.5 Å². The summed E-state index contributed by atoms with van der Waals surface area (Å²) < 4.78 is 14.0. The zero-order chi connectivity index (χ0) is 10.6. The number of benzene rings is 1. The molecule has 0 saturated carbocycles. The Balaban J connectivity index is 2.95. The van der Waals surface area contributed by atoms with Crippen LogP contribution in [0.2, 0.25) is 0 Å². The Morgan fingerprint density at radius 2 is 2.07 bits per heavy atom. The van der Waals surface area contributed by atoms with E-state index >= 15 is 0 Å². The normalized spacial score (nSPS) is 12.1. The fraction of sp³-hybridized carbons (Fsp3) is 0.300. The van der Waals surface area contributed by atoms with Gasteiger partial charge in [0.1, 0.15) is 11.0 Å². The van der Waals surface area contributed by atoms with Crippen molar-refractivity contribution in [3.05, 3.63) is 29.8 Å². The number of rotatable bonds is 4. The van der Waals surface area contributed by atoms with E-state index in [1.807, 2.05) is 13.0 Å². The van der Waals surface area contributed by atoms with Crippen LogP contribution in [0.25, 0.3) is 0 Å². The second-order valence-corrected chi connectivity index (χ2v) is 4.31. The summed E-state index contributed by atoms with van der Waals surface area (Å²) in [6, 6.07) is 7.07. The number of ketones is 1. The van der Waals surface area contributed by atoms with Crippen LogP contribution >= 0.6 is 0 Å². The van der Waals surface area contributed by atoms with Crippen molar-refractivity contribution in [2.75, 3.05) is 10.5 Å². The van der Waals surface area contributed by atoms with Crippen LogP contribution in [0.3, 0.4) is 0 Å². The summed E-state index contributed by atoms with van der Waals surface area (Å²) in [4.78, 5) is 11.2. The summed E-state index contributed by atoms with van der Waals surface area (Å²) >= 11 is 0. The first-order chi connectivity index (χ1) is 6.65. The lowest BCUT2D eigenvalue weighted by Gasteiger charge is -2.07. The number of anilines is 1. The molecule has 0 amide bonds. The molecule has 1 N–H and O–H groups in total. The number of para-hydroxylation sites is 1. The van der Waals surface area contributed by atoms with Gasteiger partial charge < -0.3 is 4.72 Å². The highest BCUT2D eigenvalue weighted by atomic mass is 32.2. The van der Waals surface area contributed by atoms with Crippen LogP contribution in [0, 0.1) is 0 Å². The summed E-state index contributed by atoms with van der Waals surface area (Å²) in [5, 5.41) is 0. The molecule has 4 heteroatoms. The number of Topliss-reactive ketones (excluding diaryl/α,β-unsaturated/α-hetero) is 1. The molecule has 1 aromatic carbocycles. The molecular formula is C10H13NO2S. The number of hydrogen-bond acceptors (Lipinski definition) is 2. The molecular weight excluding hydrogens is 198 g/mol. The largest absolute Gasteiger partial charge is 0.304 e. The number of carbonyl (C=O) groups is 1. The molecule has 0 radical (unpaired) electrons. The van der Waals surface area contributed by atoms with Crippen LogP contribution in [0.4, 0.5) is 5.69 Å². The van der Waals surface area contributed by atoms with Crippen LogP contribution in [-0.2, 0) is 11.0 Å². The van der Waals surface area contributed by atoms with Crippen LogP contribution in [0.5, 0.6) is 0 Å². The summed E-state index contributed by atoms with van der Waals surface area (Å²) in [7, 11) is -1.11. The minimum Gasteiger partial charge on any atom is -0.304 e. The van der Waals surface area contributed by atoms with Crippen molar-refractivity contribution in [1.82, 2.24) is 0 Å². The van der Waals surface area contributed by atoms with Gasteiger partial charge in [0.25, 0.3) is 0 Å². The number of carbonyl (C=O) groups excluding carboxylic acids is 1. The molecule has 14 heavy (non-hydrogen) atoms. The molecule has 0 spiro atoms. The summed E-state index contributed by atoms with van der Waals surface area (Å²) in [5.74, 6) is 0.493. The molecule has 0 aliphatic heterocycles. The number of hydrogen-bond donors (Lipinski definition) is 1.